The lowest BCUT2D eigenvalue weighted by Crippen LogP contribution is -2.42. The van der Waals surface area contributed by atoms with E-state index in [0.29, 0.717) is 24.4 Å². The first-order chi connectivity index (χ1) is 9.34. The highest BCUT2D eigenvalue weighted by molar-refractivity contribution is 5.77. The maximum absolute atomic E-state index is 12.4. The summed E-state index contributed by atoms with van der Waals surface area (Å²) >= 11 is 0. The molecule has 0 aromatic carbocycles. The van der Waals surface area contributed by atoms with Crippen LogP contribution in [0.25, 0.3) is 0 Å². The van der Waals surface area contributed by atoms with Gasteiger partial charge in [0.05, 0.1) is 6.20 Å². The van der Waals surface area contributed by atoms with E-state index in [2.05, 4.69) is 20.4 Å². The Labute approximate surface area is 113 Å². The average Bonchev–Trinajstić information content (AvgIpc) is 2.96. The number of amides is 1. The minimum Gasteiger partial charge on any atom is -0.335 e. The highest BCUT2D eigenvalue weighted by Crippen LogP contribution is 2.28. The SMILES string of the molecule is O=C(CCCc1cn[nH]c1)N1[C@H]2CCNC[C@@H]1CC2. The number of fused-ring (bicyclic) bond motifs is 2. The summed E-state index contributed by atoms with van der Waals surface area (Å²) in [6, 6.07) is 0.926. The molecule has 5 heteroatoms. The van der Waals surface area contributed by atoms with Crippen molar-refractivity contribution in [1.82, 2.24) is 20.4 Å². The Morgan fingerprint density at radius 1 is 1.37 bits per heavy atom. The maximum Gasteiger partial charge on any atom is 0.223 e. The summed E-state index contributed by atoms with van der Waals surface area (Å²) in [7, 11) is 0. The van der Waals surface area contributed by atoms with E-state index < -0.39 is 0 Å². The first-order valence-corrected chi connectivity index (χ1v) is 7.34. The number of H-pyrrole nitrogens is 1. The van der Waals surface area contributed by atoms with Gasteiger partial charge in [0.1, 0.15) is 0 Å². The van der Waals surface area contributed by atoms with Crippen molar-refractivity contribution in [3.8, 4) is 0 Å². The van der Waals surface area contributed by atoms with Crippen molar-refractivity contribution in [3.05, 3.63) is 18.0 Å². The van der Waals surface area contributed by atoms with Gasteiger partial charge in [0.2, 0.25) is 5.91 Å². The monoisotopic (exact) mass is 262 g/mol. The molecule has 0 spiro atoms. The van der Waals surface area contributed by atoms with Crippen LogP contribution >= 0.6 is 0 Å². The molecule has 2 atom stereocenters. The van der Waals surface area contributed by atoms with Crippen molar-refractivity contribution >= 4 is 5.91 Å². The zero-order valence-electron chi connectivity index (χ0n) is 11.3. The molecule has 1 aromatic heterocycles. The van der Waals surface area contributed by atoms with E-state index in [1.54, 1.807) is 0 Å². The molecule has 2 fully saturated rings. The Balaban J connectivity index is 1.52. The number of aromatic nitrogens is 2. The molecule has 0 unspecified atom stereocenters. The summed E-state index contributed by atoms with van der Waals surface area (Å²) in [5, 5.41) is 10.2. The lowest BCUT2D eigenvalue weighted by atomic mass is 10.1. The fourth-order valence-electron chi connectivity index (χ4n) is 3.38. The molecule has 3 rings (SSSR count). The predicted octanol–water partition coefficient (Wildman–Crippen LogP) is 1.09. The largest absolute Gasteiger partial charge is 0.335 e. The molecule has 5 nitrogen and oxygen atoms in total. The molecule has 2 saturated heterocycles. The number of hydrogen-bond donors (Lipinski definition) is 2. The fourth-order valence-corrected chi connectivity index (χ4v) is 3.38. The van der Waals surface area contributed by atoms with E-state index in [9.17, 15) is 4.79 Å². The normalized spacial score (nSPS) is 26.4. The minimum atomic E-state index is 0.347. The van der Waals surface area contributed by atoms with Crippen molar-refractivity contribution < 1.29 is 4.79 Å². The average molecular weight is 262 g/mol. The Hall–Kier alpha value is -1.36. The molecule has 1 aromatic rings. The molecule has 2 aliphatic rings. The summed E-state index contributed by atoms with van der Waals surface area (Å²) in [6.45, 7) is 2.03. The van der Waals surface area contributed by atoms with Gasteiger partial charge in [-0.15, -0.1) is 0 Å². The van der Waals surface area contributed by atoms with E-state index in [1.807, 2.05) is 12.4 Å². The third kappa shape index (κ3) is 2.81. The third-order valence-electron chi connectivity index (χ3n) is 4.35. The van der Waals surface area contributed by atoms with Gasteiger partial charge in [-0.05, 0) is 44.2 Å². The summed E-state index contributed by atoms with van der Waals surface area (Å²) in [6.07, 6.45) is 9.74. The predicted molar refractivity (Wildman–Crippen MR) is 72.7 cm³/mol. The molecule has 2 bridgehead atoms. The lowest BCUT2D eigenvalue weighted by molar-refractivity contribution is -0.133. The molecule has 19 heavy (non-hydrogen) atoms. The van der Waals surface area contributed by atoms with E-state index in [-0.39, 0.29) is 0 Å². The third-order valence-corrected chi connectivity index (χ3v) is 4.35. The van der Waals surface area contributed by atoms with Crippen molar-refractivity contribution in [3.63, 3.8) is 0 Å². The molecule has 3 heterocycles. The van der Waals surface area contributed by atoms with E-state index in [1.165, 1.54) is 18.4 Å². The van der Waals surface area contributed by atoms with Crippen LogP contribution in [0.15, 0.2) is 12.4 Å². The minimum absolute atomic E-state index is 0.347. The molecular formula is C14H22N4O. The smallest absolute Gasteiger partial charge is 0.223 e. The van der Waals surface area contributed by atoms with Crippen LogP contribution in [-0.2, 0) is 11.2 Å². The second-order valence-corrected chi connectivity index (χ2v) is 5.64. The van der Waals surface area contributed by atoms with Crippen LogP contribution in [0.1, 0.15) is 37.7 Å². The summed E-state index contributed by atoms with van der Waals surface area (Å²) < 4.78 is 0. The first-order valence-electron chi connectivity index (χ1n) is 7.34. The summed E-state index contributed by atoms with van der Waals surface area (Å²) in [4.78, 5) is 14.6. The van der Waals surface area contributed by atoms with Crippen molar-refractivity contribution in [2.24, 2.45) is 0 Å². The molecule has 0 radical (unpaired) electrons. The number of hydrogen-bond acceptors (Lipinski definition) is 3. The van der Waals surface area contributed by atoms with Gasteiger partial charge in [0, 0.05) is 31.2 Å². The number of nitrogens with zero attached hydrogens (tertiary/aromatic N) is 2. The van der Waals surface area contributed by atoms with Gasteiger partial charge in [-0.3, -0.25) is 9.89 Å². The molecule has 2 aliphatic heterocycles. The molecule has 0 aliphatic carbocycles. The first kappa shape index (κ1) is 12.7. The number of carbonyl (C=O) groups is 1. The van der Waals surface area contributed by atoms with Gasteiger partial charge < -0.3 is 10.2 Å². The second-order valence-electron chi connectivity index (χ2n) is 5.64. The van der Waals surface area contributed by atoms with Crippen LogP contribution in [0.2, 0.25) is 0 Å². The topological polar surface area (TPSA) is 61.0 Å². The molecular weight excluding hydrogens is 240 g/mol. The van der Waals surface area contributed by atoms with Crippen LogP contribution in [-0.4, -0.2) is 46.2 Å². The van der Waals surface area contributed by atoms with Crippen LogP contribution in [0.5, 0.6) is 0 Å². The zero-order chi connectivity index (χ0) is 13.1. The van der Waals surface area contributed by atoms with E-state index in [0.717, 1.165) is 32.4 Å². The highest BCUT2D eigenvalue weighted by Gasteiger charge is 2.37. The van der Waals surface area contributed by atoms with Gasteiger partial charge in [-0.25, -0.2) is 0 Å². The quantitative estimate of drug-likeness (QED) is 0.853. The van der Waals surface area contributed by atoms with E-state index >= 15 is 0 Å². The molecule has 104 valence electrons. The van der Waals surface area contributed by atoms with E-state index in [4.69, 9.17) is 0 Å². The highest BCUT2D eigenvalue weighted by atomic mass is 16.2. The number of rotatable bonds is 4. The number of carbonyl (C=O) groups excluding carboxylic acids is 1. The van der Waals surface area contributed by atoms with Gasteiger partial charge in [-0.1, -0.05) is 0 Å². The van der Waals surface area contributed by atoms with Crippen molar-refractivity contribution in [2.45, 2.75) is 50.6 Å². The molecule has 1 amide bonds. The zero-order valence-corrected chi connectivity index (χ0v) is 11.3. The summed E-state index contributed by atoms with van der Waals surface area (Å²) in [5.74, 6) is 0.347. The number of aryl methyl sites for hydroxylation is 1. The lowest BCUT2D eigenvalue weighted by Gasteiger charge is -2.28. The second kappa shape index (κ2) is 5.74. The van der Waals surface area contributed by atoms with Crippen LogP contribution in [0, 0.1) is 0 Å². The Morgan fingerprint density at radius 3 is 3.11 bits per heavy atom. The Morgan fingerprint density at radius 2 is 2.26 bits per heavy atom. The number of nitrogens with one attached hydrogen (secondary N) is 2. The van der Waals surface area contributed by atoms with Crippen LogP contribution < -0.4 is 5.32 Å². The van der Waals surface area contributed by atoms with Crippen molar-refractivity contribution in [1.29, 1.82) is 0 Å². The van der Waals surface area contributed by atoms with Crippen LogP contribution in [0.3, 0.4) is 0 Å². The van der Waals surface area contributed by atoms with Gasteiger partial charge in [0.25, 0.3) is 0 Å². The van der Waals surface area contributed by atoms with Crippen LogP contribution in [0.4, 0.5) is 0 Å². The summed E-state index contributed by atoms with van der Waals surface area (Å²) in [5.41, 5.74) is 1.19. The Kier molecular flexibility index (Phi) is 3.82. The van der Waals surface area contributed by atoms with Gasteiger partial charge in [-0.2, -0.15) is 5.10 Å². The van der Waals surface area contributed by atoms with Gasteiger partial charge in [0.15, 0.2) is 0 Å². The number of aromatic amines is 1. The molecule has 0 saturated carbocycles. The fraction of sp³-hybridized carbons (Fsp3) is 0.714. The Bertz CT molecular complexity index is 403. The maximum atomic E-state index is 12.4. The molecule has 2 N–H and O–H groups in total. The van der Waals surface area contributed by atoms with Gasteiger partial charge >= 0.3 is 0 Å². The standard InChI is InChI=1S/C14H22N4O/c19-14(3-1-2-11-8-16-17-9-11)18-12-4-5-13(18)10-15-7-6-12/h8-9,12-13,15H,1-7,10H2,(H,16,17)/t12-,13+/m1/s1. The van der Waals surface area contributed by atoms with Crippen molar-refractivity contribution in [2.75, 3.05) is 13.1 Å².